The number of anilines is 1. The van der Waals surface area contributed by atoms with E-state index in [1.807, 2.05) is 0 Å². The lowest BCUT2D eigenvalue weighted by Gasteiger charge is -2.21. The molecule has 1 aromatic carbocycles. The fraction of sp³-hybridized carbons (Fsp3) is 0.318. The molecule has 3 heterocycles. The summed E-state index contributed by atoms with van der Waals surface area (Å²) in [5.74, 6) is -7.69. The Morgan fingerprint density at radius 3 is 2.16 bits per heavy atom. The lowest BCUT2D eigenvalue weighted by atomic mass is 10.1. The number of amides is 1. The largest absolute Gasteiger partial charge is 0.408 e. The van der Waals surface area contributed by atoms with Gasteiger partial charge in [-0.3, -0.25) is 14.2 Å². The van der Waals surface area contributed by atoms with Crippen molar-refractivity contribution in [1.29, 1.82) is 0 Å². The lowest BCUT2D eigenvalue weighted by Crippen LogP contribution is -2.44. The lowest BCUT2D eigenvalue weighted by molar-refractivity contribution is -0.149. The summed E-state index contributed by atoms with van der Waals surface area (Å²) < 4.78 is 97.2. The molecule has 0 spiro atoms. The molecule has 0 unspecified atom stereocenters. The number of nitrogens with zero attached hydrogens (tertiary/aromatic N) is 3. The third kappa shape index (κ3) is 4.83. The Morgan fingerprint density at radius 2 is 1.62 bits per heavy atom. The normalized spacial score (nSPS) is 18.9. The van der Waals surface area contributed by atoms with Crippen molar-refractivity contribution in [1.82, 2.24) is 14.9 Å². The first-order valence-electron chi connectivity index (χ1n) is 10.6. The minimum atomic E-state index is -4.89. The van der Waals surface area contributed by atoms with E-state index in [0.717, 1.165) is 4.90 Å². The zero-order valence-corrected chi connectivity index (χ0v) is 18.7. The Bertz CT molecular complexity index is 1430. The zero-order valence-electron chi connectivity index (χ0n) is 18.7. The first-order chi connectivity index (χ1) is 17.2. The van der Waals surface area contributed by atoms with Crippen molar-refractivity contribution >= 4 is 22.8 Å². The molecular weight excluding hydrogens is 517 g/mol. The molecule has 0 aliphatic carbocycles. The highest BCUT2D eigenvalue weighted by atomic mass is 19.4. The third-order valence-corrected chi connectivity index (χ3v) is 5.78. The van der Waals surface area contributed by atoms with Gasteiger partial charge < -0.3 is 20.4 Å². The molecule has 1 amide bonds. The summed E-state index contributed by atoms with van der Waals surface area (Å²) in [6.45, 7) is -0.00495. The number of benzene rings is 1. The van der Waals surface area contributed by atoms with Crippen LogP contribution in [-0.4, -0.2) is 63.2 Å². The number of carbonyl (C=O) groups excluding carboxylic acids is 1. The van der Waals surface area contributed by atoms with Crippen molar-refractivity contribution in [2.45, 2.75) is 31.3 Å². The van der Waals surface area contributed by atoms with Crippen molar-refractivity contribution in [3.8, 4) is 5.69 Å². The van der Waals surface area contributed by atoms with Crippen LogP contribution in [0.25, 0.3) is 16.7 Å². The van der Waals surface area contributed by atoms with Gasteiger partial charge in [0.25, 0.3) is 5.91 Å². The van der Waals surface area contributed by atoms with Crippen molar-refractivity contribution in [3.05, 3.63) is 63.5 Å². The molecule has 1 aliphatic heterocycles. The third-order valence-electron chi connectivity index (χ3n) is 5.78. The van der Waals surface area contributed by atoms with Crippen LogP contribution < -0.4 is 15.6 Å². The summed E-state index contributed by atoms with van der Waals surface area (Å²) >= 11 is 0. The van der Waals surface area contributed by atoms with Gasteiger partial charge in [-0.25, -0.2) is 22.5 Å². The van der Waals surface area contributed by atoms with Crippen LogP contribution in [0.15, 0.2) is 29.2 Å². The van der Waals surface area contributed by atoms with Gasteiger partial charge in [-0.15, -0.1) is 0 Å². The topological polar surface area (TPSA) is 108 Å². The number of β-amino-alcohol motifs (C(OH)–C–C–N with tert-alkyl or cyclic N) is 2. The van der Waals surface area contributed by atoms with Crippen molar-refractivity contribution in [2.24, 2.45) is 0 Å². The molecule has 1 aliphatic rings. The molecule has 15 heteroatoms. The number of rotatable bonds is 4. The molecule has 3 atom stereocenters. The summed E-state index contributed by atoms with van der Waals surface area (Å²) in [5, 5.41) is 20.4. The maximum absolute atomic E-state index is 15.0. The fourth-order valence-electron chi connectivity index (χ4n) is 3.83. The highest BCUT2D eigenvalue weighted by Gasteiger charge is 2.38. The Kier molecular flexibility index (Phi) is 6.62. The molecule has 0 bridgehead atoms. The van der Waals surface area contributed by atoms with Gasteiger partial charge in [0.1, 0.15) is 23.1 Å². The van der Waals surface area contributed by atoms with Gasteiger partial charge in [0.2, 0.25) is 5.43 Å². The fourth-order valence-corrected chi connectivity index (χ4v) is 3.83. The number of pyridine rings is 2. The molecule has 198 valence electrons. The average molecular weight is 534 g/mol. The van der Waals surface area contributed by atoms with Crippen molar-refractivity contribution in [2.75, 3.05) is 18.0 Å². The zero-order chi connectivity index (χ0) is 27.4. The van der Waals surface area contributed by atoms with E-state index in [4.69, 9.17) is 0 Å². The van der Waals surface area contributed by atoms with E-state index in [1.54, 1.807) is 0 Å². The first kappa shape index (κ1) is 26.3. The van der Waals surface area contributed by atoms with Crippen LogP contribution in [0.1, 0.15) is 17.3 Å². The average Bonchev–Trinajstić information content (AvgIpc) is 3.11. The summed E-state index contributed by atoms with van der Waals surface area (Å²) in [6, 6.07) is -1.33. The maximum Gasteiger partial charge on any atom is 0.408 e. The minimum absolute atomic E-state index is 0.269. The van der Waals surface area contributed by atoms with Gasteiger partial charge in [0.15, 0.2) is 28.9 Å². The van der Waals surface area contributed by atoms with Crippen LogP contribution in [0.2, 0.25) is 0 Å². The SMILES string of the molecule is C[C@@H](NC(=O)c1cn(-c2c(F)cc(F)cc2F)c2nc(N3C[C@@H](O)[C@H](O)C3)c(F)cc2c1=O)C(F)(F)F. The van der Waals surface area contributed by atoms with E-state index in [9.17, 15) is 50.5 Å². The molecular formula is C22H17F7N4O4. The Labute approximate surface area is 202 Å². The number of aliphatic hydroxyl groups is 2. The van der Waals surface area contributed by atoms with E-state index in [2.05, 4.69) is 4.98 Å². The molecule has 37 heavy (non-hydrogen) atoms. The Hall–Kier alpha value is -3.72. The van der Waals surface area contributed by atoms with Crippen molar-refractivity contribution in [3.63, 3.8) is 0 Å². The number of hydrogen-bond donors (Lipinski definition) is 3. The highest BCUT2D eigenvalue weighted by Crippen LogP contribution is 2.28. The molecule has 3 N–H and O–H groups in total. The van der Waals surface area contributed by atoms with Crippen LogP contribution in [-0.2, 0) is 0 Å². The highest BCUT2D eigenvalue weighted by molar-refractivity contribution is 5.97. The number of hydrogen-bond acceptors (Lipinski definition) is 6. The number of alkyl halides is 3. The summed E-state index contributed by atoms with van der Waals surface area (Å²) in [7, 11) is 0. The predicted molar refractivity (Wildman–Crippen MR) is 114 cm³/mol. The van der Waals surface area contributed by atoms with Crippen LogP contribution in [0.4, 0.5) is 36.6 Å². The Balaban J connectivity index is 1.99. The monoisotopic (exact) mass is 534 g/mol. The van der Waals surface area contributed by atoms with Gasteiger partial charge in [-0.1, -0.05) is 0 Å². The number of carbonyl (C=O) groups is 1. The van der Waals surface area contributed by atoms with Crippen LogP contribution in [0, 0.1) is 23.3 Å². The first-order valence-corrected chi connectivity index (χ1v) is 10.6. The molecule has 3 aromatic rings. The molecule has 1 saturated heterocycles. The number of halogens is 7. The number of nitrogens with one attached hydrogen (secondary N) is 1. The van der Waals surface area contributed by atoms with Gasteiger partial charge in [0, 0.05) is 31.4 Å². The second-order valence-electron chi connectivity index (χ2n) is 8.40. The van der Waals surface area contributed by atoms with Gasteiger partial charge in [-0.05, 0) is 13.0 Å². The van der Waals surface area contributed by atoms with E-state index in [-0.39, 0.29) is 25.2 Å². The molecule has 2 aromatic heterocycles. The smallest absolute Gasteiger partial charge is 0.389 e. The van der Waals surface area contributed by atoms with E-state index < -0.39 is 87.1 Å². The van der Waals surface area contributed by atoms with Gasteiger partial charge >= 0.3 is 6.18 Å². The van der Waals surface area contributed by atoms with Gasteiger partial charge in [-0.2, -0.15) is 13.2 Å². The number of fused-ring (bicyclic) bond motifs is 1. The van der Waals surface area contributed by atoms with Crippen LogP contribution in [0.5, 0.6) is 0 Å². The predicted octanol–water partition coefficient (Wildman–Crippen LogP) is 2.16. The maximum atomic E-state index is 15.0. The van der Waals surface area contributed by atoms with Crippen LogP contribution >= 0.6 is 0 Å². The van der Waals surface area contributed by atoms with E-state index in [0.29, 0.717) is 23.8 Å². The van der Waals surface area contributed by atoms with E-state index >= 15 is 0 Å². The standard InChI is InChI=1S/C22H17F7N4O4/c1-8(22(27,28)29)30-21(37)11-5-33(17-12(24)2-9(23)3-13(17)25)19-10(18(11)36)4-14(26)20(31-19)32-6-15(34)16(35)7-32/h2-5,8,15-16,34-35H,6-7H2,1H3,(H,30,37)/t8-,15-,16-/m1/s1. The number of aliphatic hydroxyl groups excluding tert-OH is 2. The van der Waals surface area contributed by atoms with E-state index in [1.165, 1.54) is 5.32 Å². The molecule has 1 fully saturated rings. The Morgan fingerprint density at radius 1 is 1.05 bits per heavy atom. The molecule has 4 rings (SSSR count). The quantitative estimate of drug-likeness (QED) is 0.443. The molecule has 0 saturated carbocycles. The second-order valence-corrected chi connectivity index (χ2v) is 8.40. The second kappa shape index (κ2) is 9.30. The number of aromatic nitrogens is 2. The minimum Gasteiger partial charge on any atom is -0.389 e. The summed E-state index contributed by atoms with van der Waals surface area (Å²) in [4.78, 5) is 30.6. The van der Waals surface area contributed by atoms with Crippen molar-refractivity contribution < 1.29 is 45.7 Å². The molecule has 8 nitrogen and oxygen atoms in total. The van der Waals surface area contributed by atoms with Gasteiger partial charge in [0.05, 0.1) is 17.6 Å². The molecule has 0 radical (unpaired) electrons. The summed E-state index contributed by atoms with van der Waals surface area (Å²) in [5.41, 5.74) is -4.04. The summed E-state index contributed by atoms with van der Waals surface area (Å²) in [6.07, 6.45) is -6.96. The van der Waals surface area contributed by atoms with Crippen LogP contribution in [0.3, 0.4) is 0 Å².